The van der Waals surface area contributed by atoms with E-state index in [1.54, 1.807) is 0 Å². The summed E-state index contributed by atoms with van der Waals surface area (Å²) >= 11 is 0. The molecule has 6 heteroatoms. The third kappa shape index (κ3) is 4.69. The van der Waals surface area contributed by atoms with Crippen LogP contribution in [0.5, 0.6) is 0 Å². The van der Waals surface area contributed by atoms with Gasteiger partial charge in [0.2, 0.25) is 5.91 Å². The molecule has 104 valence electrons. The number of carbonyl (C=O) groups excluding carboxylic acids is 2. The molecule has 6 nitrogen and oxygen atoms in total. The Kier molecular flexibility index (Phi) is 5.98. The SMILES string of the molecule is COC(=O)[C@@H](CO)NC(=O)[C@H](N)Cc1ccccc1. The summed E-state index contributed by atoms with van der Waals surface area (Å²) in [5, 5.41) is 11.3. The first-order chi connectivity index (χ1) is 9.08. The fourth-order valence-corrected chi connectivity index (χ4v) is 1.56. The van der Waals surface area contributed by atoms with Gasteiger partial charge in [0.05, 0.1) is 19.8 Å². The molecule has 0 radical (unpaired) electrons. The monoisotopic (exact) mass is 266 g/mol. The molecule has 0 fully saturated rings. The summed E-state index contributed by atoms with van der Waals surface area (Å²) in [7, 11) is 1.18. The lowest BCUT2D eigenvalue weighted by atomic mass is 10.1. The van der Waals surface area contributed by atoms with E-state index in [-0.39, 0.29) is 0 Å². The van der Waals surface area contributed by atoms with Crippen molar-refractivity contribution in [2.45, 2.75) is 18.5 Å². The maximum atomic E-state index is 11.8. The van der Waals surface area contributed by atoms with Crippen LogP contribution in [0, 0.1) is 0 Å². The van der Waals surface area contributed by atoms with Crippen LogP contribution in [0.3, 0.4) is 0 Å². The molecule has 0 bridgehead atoms. The molecule has 0 heterocycles. The van der Waals surface area contributed by atoms with Crippen molar-refractivity contribution in [3.8, 4) is 0 Å². The average molecular weight is 266 g/mol. The summed E-state index contributed by atoms with van der Waals surface area (Å²) in [6.45, 7) is -0.531. The van der Waals surface area contributed by atoms with Gasteiger partial charge in [-0.1, -0.05) is 30.3 Å². The first kappa shape index (κ1) is 15.1. The zero-order valence-corrected chi connectivity index (χ0v) is 10.7. The normalized spacial score (nSPS) is 13.4. The van der Waals surface area contributed by atoms with Crippen LogP contribution in [0.2, 0.25) is 0 Å². The number of nitrogens with two attached hydrogens (primary N) is 1. The Morgan fingerprint density at radius 2 is 2.00 bits per heavy atom. The molecular formula is C13H18N2O4. The van der Waals surface area contributed by atoms with Crippen LogP contribution in [0.4, 0.5) is 0 Å². The van der Waals surface area contributed by atoms with Gasteiger partial charge in [-0.2, -0.15) is 0 Å². The number of esters is 1. The topological polar surface area (TPSA) is 102 Å². The number of methoxy groups -OCH3 is 1. The molecule has 1 amide bonds. The lowest BCUT2D eigenvalue weighted by molar-refractivity contribution is -0.146. The molecule has 2 atom stereocenters. The van der Waals surface area contributed by atoms with E-state index < -0.39 is 30.6 Å². The molecule has 0 saturated heterocycles. The molecule has 19 heavy (non-hydrogen) atoms. The van der Waals surface area contributed by atoms with E-state index in [2.05, 4.69) is 10.1 Å². The smallest absolute Gasteiger partial charge is 0.330 e. The summed E-state index contributed by atoms with van der Waals surface area (Å²) in [5.41, 5.74) is 6.67. The van der Waals surface area contributed by atoms with E-state index in [4.69, 9.17) is 10.8 Å². The van der Waals surface area contributed by atoms with E-state index in [0.717, 1.165) is 5.56 Å². The second-order valence-electron chi connectivity index (χ2n) is 4.06. The number of carbonyl (C=O) groups is 2. The number of benzene rings is 1. The third-order valence-electron chi connectivity index (χ3n) is 2.62. The van der Waals surface area contributed by atoms with E-state index >= 15 is 0 Å². The van der Waals surface area contributed by atoms with Crippen LogP contribution in [0.1, 0.15) is 5.56 Å². The molecule has 0 aliphatic heterocycles. The van der Waals surface area contributed by atoms with Crippen LogP contribution in [0.15, 0.2) is 30.3 Å². The second kappa shape index (κ2) is 7.50. The van der Waals surface area contributed by atoms with Crippen molar-refractivity contribution < 1.29 is 19.4 Å². The first-order valence-corrected chi connectivity index (χ1v) is 5.87. The average Bonchev–Trinajstić information content (AvgIpc) is 2.44. The zero-order chi connectivity index (χ0) is 14.3. The van der Waals surface area contributed by atoms with Gasteiger partial charge in [0.1, 0.15) is 0 Å². The number of rotatable bonds is 6. The highest BCUT2D eigenvalue weighted by atomic mass is 16.5. The van der Waals surface area contributed by atoms with Crippen molar-refractivity contribution in [2.24, 2.45) is 5.73 Å². The number of aliphatic hydroxyl groups is 1. The molecule has 0 spiro atoms. The number of nitrogens with one attached hydrogen (secondary N) is 1. The van der Waals surface area contributed by atoms with Crippen molar-refractivity contribution in [1.82, 2.24) is 5.32 Å². The van der Waals surface area contributed by atoms with Crippen LogP contribution >= 0.6 is 0 Å². The molecule has 1 rings (SSSR count). The van der Waals surface area contributed by atoms with Crippen molar-refractivity contribution >= 4 is 11.9 Å². The minimum atomic E-state index is -1.08. The Morgan fingerprint density at radius 3 is 2.53 bits per heavy atom. The quantitative estimate of drug-likeness (QED) is 0.585. The number of hydrogen-bond donors (Lipinski definition) is 3. The minimum absolute atomic E-state index is 0.353. The van der Waals surface area contributed by atoms with Gasteiger partial charge in [-0.15, -0.1) is 0 Å². The molecule has 0 aliphatic rings. The summed E-state index contributed by atoms with van der Waals surface area (Å²) in [5.74, 6) is -1.21. The molecule has 4 N–H and O–H groups in total. The van der Waals surface area contributed by atoms with E-state index in [1.807, 2.05) is 30.3 Å². The second-order valence-corrected chi connectivity index (χ2v) is 4.06. The van der Waals surface area contributed by atoms with Gasteiger partial charge in [0, 0.05) is 0 Å². The number of ether oxygens (including phenoxy) is 1. The van der Waals surface area contributed by atoms with Gasteiger partial charge in [0.25, 0.3) is 0 Å². The standard InChI is InChI=1S/C13H18N2O4/c1-19-13(18)11(8-16)15-12(17)10(14)7-9-5-3-2-4-6-9/h2-6,10-11,16H,7-8,14H2,1H3,(H,15,17)/t10-,11-/m1/s1. The lowest BCUT2D eigenvalue weighted by Gasteiger charge is -2.17. The highest BCUT2D eigenvalue weighted by Crippen LogP contribution is 2.02. The maximum absolute atomic E-state index is 11.8. The lowest BCUT2D eigenvalue weighted by Crippen LogP contribution is -2.51. The number of aliphatic hydroxyl groups excluding tert-OH is 1. The highest BCUT2D eigenvalue weighted by molar-refractivity contribution is 5.87. The molecular weight excluding hydrogens is 248 g/mol. The van der Waals surface area contributed by atoms with Crippen molar-refractivity contribution in [3.05, 3.63) is 35.9 Å². The molecule has 1 aromatic carbocycles. The fourth-order valence-electron chi connectivity index (χ4n) is 1.56. The molecule has 0 saturated carbocycles. The van der Waals surface area contributed by atoms with Gasteiger partial charge in [-0.25, -0.2) is 4.79 Å². The minimum Gasteiger partial charge on any atom is -0.467 e. The van der Waals surface area contributed by atoms with E-state index in [9.17, 15) is 9.59 Å². The van der Waals surface area contributed by atoms with E-state index in [0.29, 0.717) is 6.42 Å². The predicted octanol–water partition coefficient (Wildman–Crippen LogP) is -0.793. The predicted molar refractivity (Wildman–Crippen MR) is 69.2 cm³/mol. The number of amides is 1. The van der Waals surface area contributed by atoms with Gasteiger partial charge in [0.15, 0.2) is 6.04 Å². The zero-order valence-electron chi connectivity index (χ0n) is 10.7. The van der Waals surface area contributed by atoms with Gasteiger partial charge < -0.3 is 20.9 Å². The molecule has 0 unspecified atom stereocenters. The van der Waals surface area contributed by atoms with Crippen molar-refractivity contribution in [2.75, 3.05) is 13.7 Å². The van der Waals surface area contributed by atoms with Gasteiger partial charge >= 0.3 is 5.97 Å². The van der Waals surface area contributed by atoms with Crippen LogP contribution in [-0.4, -0.2) is 42.8 Å². The van der Waals surface area contributed by atoms with Crippen molar-refractivity contribution in [1.29, 1.82) is 0 Å². The molecule has 1 aromatic rings. The Morgan fingerprint density at radius 1 is 1.37 bits per heavy atom. The van der Waals surface area contributed by atoms with Crippen LogP contribution in [0.25, 0.3) is 0 Å². The Hall–Kier alpha value is -1.92. The molecule has 0 aromatic heterocycles. The van der Waals surface area contributed by atoms with Gasteiger partial charge in [-0.05, 0) is 12.0 Å². The highest BCUT2D eigenvalue weighted by Gasteiger charge is 2.23. The third-order valence-corrected chi connectivity index (χ3v) is 2.62. The maximum Gasteiger partial charge on any atom is 0.330 e. The van der Waals surface area contributed by atoms with Crippen molar-refractivity contribution in [3.63, 3.8) is 0 Å². The first-order valence-electron chi connectivity index (χ1n) is 5.87. The van der Waals surface area contributed by atoms with E-state index in [1.165, 1.54) is 7.11 Å². The fraction of sp³-hybridized carbons (Fsp3) is 0.385. The Labute approximate surface area is 111 Å². The summed E-state index contributed by atoms with van der Waals surface area (Å²) < 4.78 is 4.45. The summed E-state index contributed by atoms with van der Waals surface area (Å²) in [4.78, 5) is 23.0. The number of hydrogen-bond acceptors (Lipinski definition) is 5. The van der Waals surface area contributed by atoms with Crippen LogP contribution in [-0.2, 0) is 20.7 Å². The largest absolute Gasteiger partial charge is 0.467 e. The Bertz CT molecular complexity index is 422. The van der Waals surface area contributed by atoms with Gasteiger partial charge in [-0.3, -0.25) is 4.79 Å². The molecule has 0 aliphatic carbocycles. The van der Waals surface area contributed by atoms with Crippen LogP contribution < -0.4 is 11.1 Å². The Balaban J connectivity index is 2.55. The summed E-state index contributed by atoms with van der Waals surface area (Å²) in [6, 6.07) is 7.42. The summed E-state index contributed by atoms with van der Waals surface area (Å²) in [6.07, 6.45) is 0.353.